The van der Waals surface area contributed by atoms with Crippen LogP contribution < -0.4 is 10.6 Å². The Kier molecular flexibility index (Phi) is 4.65. The Bertz CT molecular complexity index is 378. The van der Waals surface area contributed by atoms with E-state index in [1.54, 1.807) is 6.20 Å². The van der Waals surface area contributed by atoms with Crippen molar-refractivity contribution in [2.75, 3.05) is 12.4 Å². The molecule has 1 aromatic rings. The van der Waals surface area contributed by atoms with Gasteiger partial charge in [0.15, 0.2) is 0 Å². The zero-order valence-corrected chi connectivity index (χ0v) is 12.2. The van der Waals surface area contributed by atoms with Gasteiger partial charge in [-0.05, 0) is 54.7 Å². The SMILES string of the molecule is CNC1CCC(Nc2ncc(Cl)cc2Br)CC1. The molecule has 0 saturated heterocycles. The summed E-state index contributed by atoms with van der Waals surface area (Å²) in [5.41, 5.74) is 0. The highest BCUT2D eigenvalue weighted by molar-refractivity contribution is 9.10. The van der Waals surface area contributed by atoms with Gasteiger partial charge in [0.2, 0.25) is 0 Å². The number of rotatable bonds is 3. The van der Waals surface area contributed by atoms with Crippen LogP contribution >= 0.6 is 27.5 Å². The molecular formula is C12H17BrClN3. The van der Waals surface area contributed by atoms with E-state index in [1.165, 1.54) is 25.7 Å². The van der Waals surface area contributed by atoms with E-state index in [2.05, 4.69) is 31.5 Å². The molecule has 1 heterocycles. The van der Waals surface area contributed by atoms with Crippen molar-refractivity contribution in [1.82, 2.24) is 10.3 Å². The summed E-state index contributed by atoms with van der Waals surface area (Å²) in [6.07, 6.45) is 6.48. The fraction of sp³-hybridized carbons (Fsp3) is 0.583. The van der Waals surface area contributed by atoms with Crippen molar-refractivity contribution in [3.8, 4) is 0 Å². The molecule has 0 amide bonds. The lowest BCUT2D eigenvalue weighted by Crippen LogP contribution is -2.35. The van der Waals surface area contributed by atoms with Gasteiger partial charge in [0, 0.05) is 18.3 Å². The molecule has 0 bridgehead atoms. The van der Waals surface area contributed by atoms with Crippen LogP contribution in [0.1, 0.15) is 25.7 Å². The Morgan fingerprint density at radius 3 is 2.53 bits per heavy atom. The average Bonchev–Trinajstić information content (AvgIpc) is 2.34. The molecule has 1 aliphatic rings. The Hall–Kier alpha value is -0.320. The lowest BCUT2D eigenvalue weighted by atomic mass is 9.91. The summed E-state index contributed by atoms with van der Waals surface area (Å²) >= 11 is 9.35. The van der Waals surface area contributed by atoms with E-state index < -0.39 is 0 Å². The average molecular weight is 319 g/mol. The molecule has 1 aromatic heterocycles. The fourth-order valence-electron chi connectivity index (χ4n) is 2.24. The zero-order valence-electron chi connectivity index (χ0n) is 9.84. The predicted octanol–water partition coefficient (Wildman–Crippen LogP) is 3.44. The first-order valence-corrected chi connectivity index (χ1v) is 7.11. The smallest absolute Gasteiger partial charge is 0.140 e. The van der Waals surface area contributed by atoms with Gasteiger partial charge < -0.3 is 10.6 Å². The quantitative estimate of drug-likeness (QED) is 0.896. The third-order valence-corrected chi connectivity index (χ3v) is 4.10. The molecule has 5 heteroatoms. The molecular weight excluding hydrogens is 302 g/mol. The van der Waals surface area contributed by atoms with Gasteiger partial charge in [0.25, 0.3) is 0 Å². The number of hydrogen-bond donors (Lipinski definition) is 2. The number of hydrogen-bond acceptors (Lipinski definition) is 3. The van der Waals surface area contributed by atoms with Crippen molar-refractivity contribution in [2.24, 2.45) is 0 Å². The van der Waals surface area contributed by atoms with Gasteiger partial charge in [-0.2, -0.15) is 0 Å². The molecule has 0 unspecified atom stereocenters. The largest absolute Gasteiger partial charge is 0.366 e. The standard InChI is InChI=1S/C12H17BrClN3/c1-15-9-2-4-10(5-3-9)17-12-11(13)6-8(14)7-16-12/h6-7,9-10,15H,2-5H2,1H3,(H,16,17). The van der Waals surface area contributed by atoms with E-state index in [9.17, 15) is 0 Å². The molecule has 94 valence electrons. The van der Waals surface area contributed by atoms with Crippen LogP contribution in [-0.2, 0) is 0 Å². The molecule has 1 aliphatic carbocycles. The summed E-state index contributed by atoms with van der Waals surface area (Å²) in [6.45, 7) is 0. The molecule has 0 aromatic carbocycles. The molecule has 1 fully saturated rings. The maximum Gasteiger partial charge on any atom is 0.140 e. The first-order valence-electron chi connectivity index (χ1n) is 5.94. The third-order valence-electron chi connectivity index (χ3n) is 3.28. The van der Waals surface area contributed by atoms with Crippen LogP contribution in [0.15, 0.2) is 16.7 Å². The second-order valence-corrected chi connectivity index (χ2v) is 5.76. The van der Waals surface area contributed by atoms with Crippen LogP contribution in [0.25, 0.3) is 0 Å². The first kappa shape index (κ1) is 13.1. The molecule has 0 atom stereocenters. The molecule has 17 heavy (non-hydrogen) atoms. The number of nitrogens with zero attached hydrogens (tertiary/aromatic N) is 1. The van der Waals surface area contributed by atoms with Crippen LogP contribution in [0.3, 0.4) is 0 Å². The van der Waals surface area contributed by atoms with Crippen molar-refractivity contribution in [2.45, 2.75) is 37.8 Å². The van der Waals surface area contributed by atoms with Crippen molar-refractivity contribution in [3.05, 3.63) is 21.8 Å². The highest BCUT2D eigenvalue weighted by Gasteiger charge is 2.20. The van der Waals surface area contributed by atoms with E-state index in [1.807, 2.05) is 13.1 Å². The first-order chi connectivity index (χ1) is 8.19. The summed E-state index contributed by atoms with van der Waals surface area (Å²) in [4.78, 5) is 4.31. The maximum atomic E-state index is 5.87. The molecule has 1 saturated carbocycles. The van der Waals surface area contributed by atoms with Crippen LogP contribution in [0.2, 0.25) is 5.02 Å². The van der Waals surface area contributed by atoms with Crippen LogP contribution in [-0.4, -0.2) is 24.1 Å². The molecule has 0 spiro atoms. The van der Waals surface area contributed by atoms with E-state index in [0.717, 1.165) is 10.3 Å². The number of anilines is 1. The van der Waals surface area contributed by atoms with Gasteiger partial charge in [-0.15, -0.1) is 0 Å². The van der Waals surface area contributed by atoms with Crippen molar-refractivity contribution >= 4 is 33.3 Å². The Morgan fingerprint density at radius 2 is 1.94 bits per heavy atom. The van der Waals surface area contributed by atoms with Crippen molar-refractivity contribution < 1.29 is 0 Å². The van der Waals surface area contributed by atoms with Gasteiger partial charge in [-0.25, -0.2) is 4.98 Å². The second kappa shape index (κ2) is 6.03. The summed E-state index contributed by atoms with van der Waals surface area (Å²) < 4.78 is 0.931. The normalized spacial score (nSPS) is 24.6. The van der Waals surface area contributed by atoms with Gasteiger partial charge in [0.05, 0.1) is 9.50 Å². The summed E-state index contributed by atoms with van der Waals surface area (Å²) in [5.74, 6) is 0.891. The predicted molar refractivity (Wildman–Crippen MR) is 75.7 cm³/mol. The summed E-state index contributed by atoms with van der Waals surface area (Å²) in [5, 5.41) is 7.47. The maximum absolute atomic E-state index is 5.87. The van der Waals surface area contributed by atoms with Gasteiger partial charge >= 0.3 is 0 Å². The topological polar surface area (TPSA) is 37.0 Å². The summed E-state index contributed by atoms with van der Waals surface area (Å²) in [6, 6.07) is 3.06. The highest BCUT2D eigenvalue weighted by atomic mass is 79.9. The van der Waals surface area contributed by atoms with Gasteiger partial charge in [-0.3, -0.25) is 0 Å². The molecule has 0 aliphatic heterocycles. The minimum atomic E-state index is 0.518. The van der Waals surface area contributed by atoms with Crippen LogP contribution in [0.5, 0.6) is 0 Å². The highest BCUT2D eigenvalue weighted by Crippen LogP contribution is 2.27. The minimum Gasteiger partial charge on any atom is -0.366 e. The second-order valence-electron chi connectivity index (χ2n) is 4.47. The van der Waals surface area contributed by atoms with Gasteiger partial charge in [0.1, 0.15) is 5.82 Å². The summed E-state index contributed by atoms with van der Waals surface area (Å²) in [7, 11) is 2.04. The number of halogens is 2. The zero-order chi connectivity index (χ0) is 12.3. The lowest BCUT2D eigenvalue weighted by Gasteiger charge is -2.29. The third kappa shape index (κ3) is 3.57. The monoisotopic (exact) mass is 317 g/mol. The molecule has 2 N–H and O–H groups in total. The van der Waals surface area contributed by atoms with E-state index in [-0.39, 0.29) is 0 Å². The van der Waals surface area contributed by atoms with Crippen LogP contribution in [0.4, 0.5) is 5.82 Å². The van der Waals surface area contributed by atoms with Crippen molar-refractivity contribution in [1.29, 1.82) is 0 Å². The van der Waals surface area contributed by atoms with E-state index in [0.29, 0.717) is 17.1 Å². The van der Waals surface area contributed by atoms with E-state index >= 15 is 0 Å². The van der Waals surface area contributed by atoms with Gasteiger partial charge in [-0.1, -0.05) is 11.6 Å². The molecule has 2 rings (SSSR count). The fourth-order valence-corrected chi connectivity index (χ4v) is 2.99. The minimum absolute atomic E-state index is 0.518. The molecule has 3 nitrogen and oxygen atoms in total. The Balaban J connectivity index is 1.93. The Labute approximate surface area is 115 Å². The molecule has 0 radical (unpaired) electrons. The number of aromatic nitrogens is 1. The van der Waals surface area contributed by atoms with Crippen molar-refractivity contribution in [3.63, 3.8) is 0 Å². The Morgan fingerprint density at radius 1 is 1.29 bits per heavy atom. The van der Waals surface area contributed by atoms with E-state index in [4.69, 9.17) is 11.6 Å². The lowest BCUT2D eigenvalue weighted by molar-refractivity contribution is 0.371. The number of pyridine rings is 1. The van der Waals surface area contributed by atoms with Crippen LogP contribution in [0, 0.1) is 0 Å². The number of nitrogens with one attached hydrogen (secondary N) is 2.